The lowest BCUT2D eigenvalue weighted by molar-refractivity contribution is 0.397. The SMILES string of the molecule is COc1cc(NC2CCN(c3nc4ccccc4n3C)CC2)ncn1. The second kappa shape index (κ2) is 6.58. The third kappa shape index (κ3) is 3.09. The summed E-state index contributed by atoms with van der Waals surface area (Å²) in [5.74, 6) is 2.44. The van der Waals surface area contributed by atoms with Crippen molar-refractivity contribution in [2.75, 3.05) is 30.4 Å². The highest BCUT2D eigenvalue weighted by molar-refractivity contribution is 5.78. The Morgan fingerprint density at radius 3 is 2.72 bits per heavy atom. The number of aromatic nitrogens is 4. The quantitative estimate of drug-likeness (QED) is 0.788. The van der Waals surface area contributed by atoms with Crippen molar-refractivity contribution < 1.29 is 4.74 Å². The zero-order valence-corrected chi connectivity index (χ0v) is 14.5. The zero-order chi connectivity index (χ0) is 17.2. The van der Waals surface area contributed by atoms with E-state index in [1.165, 1.54) is 11.8 Å². The average Bonchev–Trinajstić information content (AvgIpc) is 3.00. The molecular formula is C18H22N6O. The molecule has 0 spiro atoms. The standard InChI is InChI=1S/C18H22N6O/c1-23-15-6-4-3-5-14(15)22-18(23)24-9-7-13(8-10-24)21-16-11-17(25-2)20-12-19-16/h3-6,11-13H,7-10H2,1-2H3,(H,19,20,21). The van der Waals surface area contributed by atoms with Crippen LogP contribution in [0.3, 0.4) is 0 Å². The summed E-state index contributed by atoms with van der Waals surface area (Å²) in [4.78, 5) is 15.5. The highest BCUT2D eigenvalue weighted by Gasteiger charge is 2.23. The number of fused-ring (bicyclic) bond motifs is 1. The average molecular weight is 338 g/mol. The van der Waals surface area contributed by atoms with Crippen LogP contribution in [0.4, 0.5) is 11.8 Å². The summed E-state index contributed by atoms with van der Waals surface area (Å²) in [5.41, 5.74) is 2.22. The van der Waals surface area contributed by atoms with Crippen molar-refractivity contribution in [3.63, 3.8) is 0 Å². The van der Waals surface area contributed by atoms with Gasteiger partial charge in [-0.15, -0.1) is 0 Å². The number of hydrogen-bond donors (Lipinski definition) is 1. The molecule has 130 valence electrons. The van der Waals surface area contributed by atoms with E-state index in [4.69, 9.17) is 9.72 Å². The number of methoxy groups -OCH3 is 1. The first-order chi connectivity index (χ1) is 12.2. The van der Waals surface area contributed by atoms with Crippen LogP contribution in [0.2, 0.25) is 0 Å². The van der Waals surface area contributed by atoms with E-state index >= 15 is 0 Å². The summed E-state index contributed by atoms with van der Waals surface area (Å²) >= 11 is 0. The van der Waals surface area contributed by atoms with E-state index in [0.717, 1.165) is 43.2 Å². The van der Waals surface area contributed by atoms with Crippen LogP contribution >= 0.6 is 0 Å². The highest BCUT2D eigenvalue weighted by atomic mass is 16.5. The molecular weight excluding hydrogens is 316 g/mol. The lowest BCUT2D eigenvalue weighted by Crippen LogP contribution is -2.40. The number of nitrogens with zero attached hydrogens (tertiary/aromatic N) is 5. The Labute approximate surface area is 146 Å². The van der Waals surface area contributed by atoms with Gasteiger partial charge >= 0.3 is 0 Å². The molecule has 4 rings (SSSR count). The van der Waals surface area contributed by atoms with Gasteiger partial charge in [-0.05, 0) is 25.0 Å². The van der Waals surface area contributed by atoms with Crippen molar-refractivity contribution in [2.24, 2.45) is 7.05 Å². The van der Waals surface area contributed by atoms with Gasteiger partial charge in [-0.1, -0.05) is 12.1 Å². The van der Waals surface area contributed by atoms with Gasteiger partial charge in [-0.25, -0.2) is 15.0 Å². The predicted molar refractivity (Wildman–Crippen MR) is 98.2 cm³/mol. The minimum atomic E-state index is 0.394. The molecule has 1 saturated heterocycles. The Kier molecular flexibility index (Phi) is 4.13. The van der Waals surface area contributed by atoms with Crippen LogP contribution in [0.25, 0.3) is 11.0 Å². The number of aryl methyl sites for hydroxylation is 1. The molecule has 2 aromatic heterocycles. The molecule has 1 aliphatic heterocycles. The Bertz CT molecular complexity index is 869. The summed E-state index contributed by atoms with van der Waals surface area (Å²) in [6, 6.07) is 10.5. The van der Waals surface area contributed by atoms with Gasteiger partial charge in [-0.2, -0.15) is 0 Å². The largest absolute Gasteiger partial charge is 0.481 e. The first-order valence-corrected chi connectivity index (χ1v) is 8.53. The molecule has 0 saturated carbocycles. The Balaban J connectivity index is 1.43. The molecule has 0 bridgehead atoms. The Hall–Kier alpha value is -2.83. The molecule has 7 nitrogen and oxygen atoms in total. The lowest BCUT2D eigenvalue weighted by atomic mass is 10.1. The van der Waals surface area contributed by atoms with Crippen LogP contribution < -0.4 is 15.0 Å². The van der Waals surface area contributed by atoms with E-state index in [2.05, 4.69) is 50.0 Å². The highest BCUT2D eigenvalue weighted by Crippen LogP contribution is 2.25. The molecule has 1 fully saturated rings. The summed E-state index contributed by atoms with van der Waals surface area (Å²) in [5, 5.41) is 3.48. The maximum atomic E-state index is 5.15. The first kappa shape index (κ1) is 15.7. The van der Waals surface area contributed by atoms with Crippen LogP contribution in [0, 0.1) is 0 Å². The van der Waals surface area contributed by atoms with Crippen molar-refractivity contribution in [1.29, 1.82) is 0 Å². The van der Waals surface area contributed by atoms with E-state index in [-0.39, 0.29) is 0 Å². The van der Waals surface area contributed by atoms with E-state index in [1.54, 1.807) is 7.11 Å². The molecule has 3 aromatic rings. The molecule has 7 heteroatoms. The molecule has 0 amide bonds. The number of ether oxygens (including phenoxy) is 1. The fourth-order valence-electron chi connectivity index (χ4n) is 3.38. The van der Waals surface area contributed by atoms with Crippen LogP contribution in [-0.2, 0) is 7.05 Å². The lowest BCUT2D eigenvalue weighted by Gasteiger charge is -2.33. The molecule has 1 N–H and O–H groups in total. The first-order valence-electron chi connectivity index (χ1n) is 8.53. The van der Waals surface area contributed by atoms with Crippen molar-refractivity contribution >= 4 is 22.8 Å². The molecule has 25 heavy (non-hydrogen) atoms. The number of piperidine rings is 1. The number of benzene rings is 1. The van der Waals surface area contributed by atoms with E-state index in [0.29, 0.717) is 11.9 Å². The molecule has 3 heterocycles. The third-order valence-electron chi connectivity index (χ3n) is 4.74. The maximum absolute atomic E-state index is 5.15. The predicted octanol–water partition coefficient (Wildman–Crippen LogP) is 2.45. The summed E-state index contributed by atoms with van der Waals surface area (Å²) in [6.07, 6.45) is 3.60. The minimum Gasteiger partial charge on any atom is -0.481 e. The third-order valence-corrected chi connectivity index (χ3v) is 4.74. The van der Waals surface area contributed by atoms with Gasteiger partial charge in [0.2, 0.25) is 11.8 Å². The van der Waals surface area contributed by atoms with E-state index in [1.807, 2.05) is 12.1 Å². The van der Waals surface area contributed by atoms with Crippen LogP contribution in [0.15, 0.2) is 36.7 Å². The second-order valence-corrected chi connectivity index (χ2v) is 6.31. The normalized spacial score (nSPS) is 15.5. The van der Waals surface area contributed by atoms with Crippen molar-refractivity contribution in [2.45, 2.75) is 18.9 Å². The maximum Gasteiger partial charge on any atom is 0.218 e. The van der Waals surface area contributed by atoms with Crippen LogP contribution in [0.5, 0.6) is 5.88 Å². The van der Waals surface area contributed by atoms with Gasteiger partial charge in [0.05, 0.1) is 18.1 Å². The fourth-order valence-corrected chi connectivity index (χ4v) is 3.38. The van der Waals surface area contributed by atoms with Gasteiger partial charge in [-0.3, -0.25) is 0 Å². The molecule has 1 aromatic carbocycles. The second-order valence-electron chi connectivity index (χ2n) is 6.31. The minimum absolute atomic E-state index is 0.394. The summed E-state index contributed by atoms with van der Waals surface area (Å²) in [7, 11) is 3.70. The number of hydrogen-bond acceptors (Lipinski definition) is 6. The smallest absolute Gasteiger partial charge is 0.218 e. The van der Waals surface area contributed by atoms with Crippen molar-refractivity contribution in [3.8, 4) is 5.88 Å². The fraction of sp³-hybridized carbons (Fsp3) is 0.389. The van der Waals surface area contributed by atoms with Gasteiger partial charge in [0.1, 0.15) is 12.1 Å². The van der Waals surface area contributed by atoms with Gasteiger partial charge < -0.3 is 19.5 Å². The molecule has 0 atom stereocenters. The number of nitrogens with one attached hydrogen (secondary N) is 1. The zero-order valence-electron chi connectivity index (χ0n) is 14.5. The molecule has 0 radical (unpaired) electrons. The molecule has 0 unspecified atom stereocenters. The van der Waals surface area contributed by atoms with Gasteiger partial charge in [0.15, 0.2) is 0 Å². The van der Waals surface area contributed by atoms with E-state index < -0.39 is 0 Å². The van der Waals surface area contributed by atoms with E-state index in [9.17, 15) is 0 Å². The Morgan fingerprint density at radius 1 is 1.16 bits per heavy atom. The molecule has 1 aliphatic rings. The van der Waals surface area contributed by atoms with Gasteiger partial charge in [0, 0.05) is 32.2 Å². The topological polar surface area (TPSA) is 68.1 Å². The number of imidazole rings is 1. The summed E-state index contributed by atoms with van der Waals surface area (Å²) in [6.45, 7) is 1.94. The monoisotopic (exact) mass is 338 g/mol. The van der Waals surface area contributed by atoms with Crippen LogP contribution in [0.1, 0.15) is 12.8 Å². The number of para-hydroxylation sites is 2. The van der Waals surface area contributed by atoms with Crippen LogP contribution in [-0.4, -0.2) is 45.8 Å². The Morgan fingerprint density at radius 2 is 1.96 bits per heavy atom. The summed E-state index contributed by atoms with van der Waals surface area (Å²) < 4.78 is 7.33. The van der Waals surface area contributed by atoms with Gasteiger partial charge in [0.25, 0.3) is 0 Å². The molecule has 0 aliphatic carbocycles. The van der Waals surface area contributed by atoms with Crippen molar-refractivity contribution in [1.82, 2.24) is 19.5 Å². The van der Waals surface area contributed by atoms with Crippen molar-refractivity contribution in [3.05, 3.63) is 36.7 Å². The number of rotatable bonds is 4. The number of anilines is 2.